The molecule has 1 N–H and O–H groups in total. The van der Waals surface area contributed by atoms with Gasteiger partial charge in [-0.25, -0.2) is 0 Å². The molecule has 0 aliphatic rings. The minimum Gasteiger partial charge on any atom is -0.322 e. The van der Waals surface area contributed by atoms with E-state index < -0.39 is 5.91 Å². The van der Waals surface area contributed by atoms with Crippen LogP contribution in [-0.4, -0.2) is 16.1 Å². The fraction of sp³-hybridized carbons (Fsp3) is 0. The van der Waals surface area contributed by atoms with Crippen molar-refractivity contribution in [2.24, 2.45) is 0 Å². The highest BCUT2D eigenvalue weighted by atomic mass is 35.5. The number of hydrogen-bond donors (Lipinski definition) is 1. The van der Waals surface area contributed by atoms with Crippen molar-refractivity contribution >= 4 is 46.4 Å². The molecule has 0 fully saturated rings. The Labute approximate surface area is 129 Å². The lowest BCUT2D eigenvalue weighted by Gasteiger charge is -2.07. The van der Waals surface area contributed by atoms with Gasteiger partial charge in [-0.2, -0.15) is 5.26 Å². The third-order valence-electron chi connectivity index (χ3n) is 2.31. The molecule has 0 spiro atoms. The lowest BCUT2D eigenvalue weighted by molar-refractivity contribution is 0.102. The van der Waals surface area contributed by atoms with Crippen LogP contribution in [0.4, 0.5) is 5.69 Å². The Morgan fingerprint density at radius 2 is 1.95 bits per heavy atom. The molecule has 1 amide bonds. The van der Waals surface area contributed by atoms with Crippen molar-refractivity contribution in [3.8, 4) is 6.07 Å². The Kier molecular flexibility index (Phi) is 4.40. The topological polar surface area (TPSA) is 78.7 Å². The summed E-state index contributed by atoms with van der Waals surface area (Å²) in [6.45, 7) is 0. The van der Waals surface area contributed by atoms with Gasteiger partial charge in [0.1, 0.15) is 6.07 Å². The first kappa shape index (κ1) is 14.5. The van der Waals surface area contributed by atoms with Gasteiger partial charge in [-0.3, -0.25) is 4.79 Å². The van der Waals surface area contributed by atoms with Crippen molar-refractivity contribution in [2.45, 2.75) is 0 Å². The zero-order chi connectivity index (χ0) is 14.7. The molecule has 0 atom stereocenters. The summed E-state index contributed by atoms with van der Waals surface area (Å²) in [4.78, 5) is 12.0. The molecule has 1 heterocycles. The van der Waals surface area contributed by atoms with Gasteiger partial charge in [-0.05, 0) is 24.3 Å². The average Bonchev–Trinajstić information content (AvgIpc) is 2.43. The molecule has 0 radical (unpaired) electrons. The zero-order valence-electron chi connectivity index (χ0n) is 9.69. The van der Waals surface area contributed by atoms with Gasteiger partial charge in [0.2, 0.25) is 0 Å². The summed E-state index contributed by atoms with van der Waals surface area (Å²) in [5.41, 5.74) is 0.738. The molecule has 8 heteroatoms. The van der Waals surface area contributed by atoms with E-state index in [-0.39, 0.29) is 21.4 Å². The fourth-order valence-corrected chi connectivity index (χ4v) is 1.88. The molecule has 20 heavy (non-hydrogen) atoms. The number of amides is 1. The Morgan fingerprint density at radius 1 is 1.20 bits per heavy atom. The predicted octanol–water partition coefficient (Wildman–Crippen LogP) is 3.56. The van der Waals surface area contributed by atoms with E-state index in [2.05, 4.69) is 15.5 Å². The second-order valence-corrected chi connectivity index (χ2v) is 4.78. The van der Waals surface area contributed by atoms with E-state index in [9.17, 15) is 4.79 Å². The third kappa shape index (κ3) is 3.17. The second kappa shape index (κ2) is 6.06. The maximum atomic E-state index is 12.0. The summed E-state index contributed by atoms with van der Waals surface area (Å²) in [6.07, 6.45) is 0. The standard InChI is InChI=1S/C12H5Cl3N4O/c13-9-2-1-7(3-6(9)5-16)17-12(20)8-4-10(14)18-19-11(8)15/h1-4H,(H,17,20). The number of aromatic nitrogens is 2. The number of nitrogens with one attached hydrogen (secondary N) is 1. The first-order valence-electron chi connectivity index (χ1n) is 5.21. The Hall–Kier alpha value is -1.87. The van der Waals surface area contributed by atoms with Crippen LogP contribution < -0.4 is 5.32 Å². The van der Waals surface area contributed by atoms with Crippen molar-refractivity contribution in [2.75, 3.05) is 5.32 Å². The Balaban J connectivity index is 2.28. The molecule has 0 saturated carbocycles. The van der Waals surface area contributed by atoms with Crippen molar-refractivity contribution in [1.29, 1.82) is 5.26 Å². The zero-order valence-corrected chi connectivity index (χ0v) is 12.0. The summed E-state index contributed by atoms with van der Waals surface area (Å²) in [5.74, 6) is -0.516. The summed E-state index contributed by atoms with van der Waals surface area (Å²) in [5, 5.41) is 18.8. The van der Waals surface area contributed by atoms with Gasteiger partial charge in [0.25, 0.3) is 5.91 Å². The van der Waals surface area contributed by atoms with E-state index in [1.807, 2.05) is 6.07 Å². The molecule has 0 unspecified atom stereocenters. The summed E-state index contributed by atoms with van der Waals surface area (Å²) in [6, 6.07) is 7.73. The molecular formula is C12H5Cl3N4O. The molecule has 0 bridgehead atoms. The minimum atomic E-state index is -0.516. The number of halogens is 3. The highest BCUT2D eigenvalue weighted by molar-refractivity contribution is 6.34. The van der Waals surface area contributed by atoms with Crippen LogP contribution in [0.2, 0.25) is 15.3 Å². The van der Waals surface area contributed by atoms with E-state index in [0.29, 0.717) is 10.7 Å². The lowest BCUT2D eigenvalue weighted by atomic mass is 10.2. The van der Waals surface area contributed by atoms with Gasteiger partial charge in [0.15, 0.2) is 10.3 Å². The molecule has 1 aromatic carbocycles. The average molecular weight is 328 g/mol. The van der Waals surface area contributed by atoms with Gasteiger partial charge in [0, 0.05) is 5.69 Å². The maximum absolute atomic E-state index is 12.0. The summed E-state index contributed by atoms with van der Waals surface area (Å²) < 4.78 is 0. The first-order chi connectivity index (χ1) is 9.51. The summed E-state index contributed by atoms with van der Waals surface area (Å²) >= 11 is 17.2. The van der Waals surface area contributed by atoms with Crippen molar-refractivity contribution in [3.05, 3.63) is 50.7 Å². The van der Waals surface area contributed by atoms with Gasteiger partial charge in [0.05, 0.1) is 16.1 Å². The van der Waals surface area contributed by atoms with Crippen LogP contribution in [0.15, 0.2) is 24.3 Å². The number of carbonyl (C=O) groups excluding carboxylic acids is 1. The van der Waals surface area contributed by atoms with Crippen LogP contribution in [-0.2, 0) is 0 Å². The van der Waals surface area contributed by atoms with Crippen LogP contribution in [0.5, 0.6) is 0 Å². The molecular weight excluding hydrogens is 323 g/mol. The first-order valence-corrected chi connectivity index (χ1v) is 6.34. The molecule has 0 aliphatic heterocycles. The smallest absolute Gasteiger partial charge is 0.258 e. The van der Waals surface area contributed by atoms with E-state index in [1.165, 1.54) is 18.2 Å². The Morgan fingerprint density at radius 3 is 2.65 bits per heavy atom. The molecule has 2 aromatic rings. The largest absolute Gasteiger partial charge is 0.322 e. The molecule has 0 saturated heterocycles. The quantitative estimate of drug-likeness (QED) is 0.914. The molecule has 100 valence electrons. The number of benzene rings is 1. The van der Waals surface area contributed by atoms with E-state index in [4.69, 9.17) is 40.1 Å². The van der Waals surface area contributed by atoms with Gasteiger partial charge in [-0.15, -0.1) is 10.2 Å². The lowest BCUT2D eigenvalue weighted by Crippen LogP contribution is -2.13. The van der Waals surface area contributed by atoms with E-state index >= 15 is 0 Å². The van der Waals surface area contributed by atoms with E-state index in [1.54, 1.807) is 6.07 Å². The van der Waals surface area contributed by atoms with Crippen LogP contribution in [0.3, 0.4) is 0 Å². The monoisotopic (exact) mass is 326 g/mol. The summed E-state index contributed by atoms with van der Waals surface area (Å²) in [7, 11) is 0. The number of hydrogen-bond acceptors (Lipinski definition) is 4. The van der Waals surface area contributed by atoms with Gasteiger partial charge >= 0.3 is 0 Å². The van der Waals surface area contributed by atoms with E-state index in [0.717, 1.165) is 0 Å². The normalized spacial score (nSPS) is 9.90. The number of carbonyl (C=O) groups is 1. The van der Waals surface area contributed by atoms with Crippen LogP contribution >= 0.6 is 34.8 Å². The highest BCUT2D eigenvalue weighted by Gasteiger charge is 2.14. The van der Waals surface area contributed by atoms with Crippen molar-refractivity contribution in [3.63, 3.8) is 0 Å². The molecule has 2 rings (SSSR count). The fourth-order valence-electron chi connectivity index (χ4n) is 1.40. The number of rotatable bonds is 2. The van der Waals surface area contributed by atoms with Crippen LogP contribution in [0, 0.1) is 11.3 Å². The van der Waals surface area contributed by atoms with Crippen molar-refractivity contribution < 1.29 is 4.79 Å². The highest BCUT2D eigenvalue weighted by Crippen LogP contribution is 2.21. The SMILES string of the molecule is N#Cc1cc(NC(=O)c2cc(Cl)nnc2Cl)ccc1Cl. The second-order valence-electron chi connectivity index (χ2n) is 3.63. The Bertz CT molecular complexity index is 727. The number of nitriles is 1. The number of nitrogens with zero attached hydrogens (tertiary/aromatic N) is 3. The van der Waals surface area contributed by atoms with Gasteiger partial charge < -0.3 is 5.32 Å². The molecule has 5 nitrogen and oxygen atoms in total. The predicted molar refractivity (Wildman–Crippen MR) is 76.2 cm³/mol. The molecule has 0 aliphatic carbocycles. The minimum absolute atomic E-state index is 0.0494. The van der Waals surface area contributed by atoms with Gasteiger partial charge in [-0.1, -0.05) is 34.8 Å². The molecule has 1 aromatic heterocycles. The van der Waals surface area contributed by atoms with Crippen LogP contribution in [0.1, 0.15) is 15.9 Å². The third-order valence-corrected chi connectivity index (χ3v) is 3.10. The number of anilines is 1. The van der Waals surface area contributed by atoms with Crippen molar-refractivity contribution in [1.82, 2.24) is 10.2 Å². The van der Waals surface area contributed by atoms with Crippen LogP contribution in [0.25, 0.3) is 0 Å². The maximum Gasteiger partial charge on any atom is 0.258 e.